The third-order valence-corrected chi connectivity index (χ3v) is 5.30. The summed E-state index contributed by atoms with van der Waals surface area (Å²) in [6.07, 6.45) is 3.26. The Morgan fingerprint density at radius 2 is 2.26 bits per heavy atom. The Morgan fingerprint density at radius 3 is 2.79 bits per heavy atom. The zero-order valence-electron chi connectivity index (χ0n) is 10.9. The van der Waals surface area contributed by atoms with Crippen molar-refractivity contribution in [2.24, 2.45) is 11.7 Å². The second kappa shape index (κ2) is 6.44. The Kier molecular flexibility index (Phi) is 5.12. The zero-order chi connectivity index (χ0) is 14.0. The second-order valence-corrected chi connectivity index (χ2v) is 7.11. The van der Waals surface area contributed by atoms with E-state index in [-0.39, 0.29) is 11.9 Å². The van der Waals surface area contributed by atoms with E-state index in [1.807, 2.05) is 11.8 Å². The molecule has 1 aromatic rings. The smallest absolute Gasteiger partial charge is 0.256 e. The van der Waals surface area contributed by atoms with Crippen LogP contribution in [-0.2, 0) is 0 Å². The minimum absolute atomic E-state index is 0.0269. The van der Waals surface area contributed by atoms with Gasteiger partial charge in [0.1, 0.15) is 4.34 Å². The molecule has 1 fully saturated rings. The summed E-state index contributed by atoms with van der Waals surface area (Å²) in [4.78, 5) is 14.5. The van der Waals surface area contributed by atoms with Crippen LogP contribution >= 0.6 is 34.5 Å². The van der Waals surface area contributed by atoms with Gasteiger partial charge in [-0.2, -0.15) is 0 Å². The quantitative estimate of drug-likeness (QED) is 0.920. The number of halogens is 2. The highest BCUT2D eigenvalue weighted by Crippen LogP contribution is 2.35. The topological polar surface area (TPSA) is 46.3 Å². The molecule has 6 heteroatoms. The van der Waals surface area contributed by atoms with Crippen molar-refractivity contribution in [2.75, 3.05) is 13.1 Å². The minimum atomic E-state index is -0.0269. The first-order chi connectivity index (χ1) is 9.08. The summed E-state index contributed by atoms with van der Waals surface area (Å²) in [5, 5.41) is 0. The molecule has 0 aromatic carbocycles. The van der Waals surface area contributed by atoms with E-state index in [4.69, 9.17) is 28.9 Å². The first-order valence-corrected chi connectivity index (χ1v) is 8.11. The summed E-state index contributed by atoms with van der Waals surface area (Å²) in [5.41, 5.74) is 6.32. The summed E-state index contributed by atoms with van der Waals surface area (Å²) in [7, 11) is 0. The fourth-order valence-electron chi connectivity index (χ4n) is 2.87. The predicted molar refractivity (Wildman–Crippen MR) is 81.2 cm³/mol. The van der Waals surface area contributed by atoms with Crippen LogP contribution in [0.3, 0.4) is 0 Å². The first-order valence-electron chi connectivity index (χ1n) is 6.54. The van der Waals surface area contributed by atoms with Crippen molar-refractivity contribution in [1.29, 1.82) is 0 Å². The van der Waals surface area contributed by atoms with Crippen LogP contribution in [0.25, 0.3) is 0 Å². The van der Waals surface area contributed by atoms with Crippen LogP contribution < -0.4 is 5.73 Å². The molecule has 3 nitrogen and oxygen atoms in total. The number of carbonyl (C=O) groups excluding carboxylic acids is 1. The molecular weight excluding hydrogens is 303 g/mol. The van der Waals surface area contributed by atoms with Gasteiger partial charge in [-0.3, -0.25) is 4.79 Å². The van der Waals surface area contributed by atoms with Gasteiger partial charge < -0.3 is 10.6 Å². The highest BCUT2D eigenvalue weighted by Gasteiger charge is 2.34. The molecule has 1 aliphatic rings. The van der Waals surface area contributed by atoms with Crippen LogP contribution in [0.2, 0.25) is 8.67 Å². The lowest BCUT2D eigenvalue weighted by Gasteiger charge is -2.31. The molecule has 1 aromatic heterocycles. The highest BCUT2D eigenvalue weighted by molar-refractivity contribution is 7.20. The monoisotopic (exact) mass is 320 g/mol. The molecule has 1 aliphatic carbocycles. The van der Waals surface area contributed by atoms with Gasteiger partial charge in [-0.1, -0.05) is 29.6 Å². The number of amides is 1. The van der Waals surface area contributed by atoms with Gasteiger partial charge in [-0.15, -0.1) is 11.3 Å². The van der Waals surface area contributed by atoms with Crippen LogP contribution in [0.5, 0.6) is 0 Å². The molecular formula is C13H18Cl2N2OS. The minimum Gasteiger partial charge on any atom is -0.336 e. The molecule has 0 bridgehead atoms. The Morgan fingerprint density at radius 1 is 1.53 bits per heavy atom. The maximum Gasteiger partial charge on any atom is 0.256 e. The van der Waals surface area contributed by atoms with E-state index < -0.39 is 0 Å². The van der Waals surface area contributed by atoms with Crippen LogP contribution in [0.15, 0.2) is 6.07 Å². The molecule has 2 rings (SSSR count). The molecule has 2 N–H and O–H groups in total. The van der Waals surface area contributed by atoms with Gasteiger partial charge in [0.25, 0.3) is 5.91 Å². The number of nitrogens with zero attached hydrogens (tertiary/aromatic N) is 1. The SMILES string of the molecule is CCN(C(=O)c1cc(Cl)sc1Cl)C1CCCC1CN. The Bertz CT molecular complexity index is 463. The largest absolute Gasteiger partial charge is 0.336 e. The van der Waals surface area contributed by atoms with Crippen LogP contribution in [0.4, 0.5) is 0 Å². The number of hydrogen-bond acceptors (Lipinski definition) is 3. The van der Waals surface area contributed by atoms with Gasteiger partial charge in [-0.05, 0) is 38.3 Å². The van der Waals surface area contributed by atoms with E-state index in [1.165, 1.54) is 11.3 Å². The summed E-state index contributed by atoms with van der Waals surface area (Å²) in [6, 6.07) is 1.89. The number of rotatable bonds is 4. The van der Waals surface area contributed by atoms with Crippen molar-refractivity contribution >= 4 is 40.4 Å². The fraction of sp³-hybridized carbons (Fsp3) is 0.615. The molecule has 0 aliphatic heterocycles. The first kappa shape index (κ1) is 15.1. The Labute approximate surface area is 127 Å². The molecule has 1 saturated carbocycles. The molecule has 0 spiro atoms. The van der Waals surface area contributed by atoms with E-state index in [2.05, 4.69) is 0 Å². The summed E-state index contributed by atoms with van der Waals surface area (Å²) in [6.45, 7) is 3.29. The molecule has 2 unspecified atom stereocenters. The number of carbonyl (C=O) groups is 1. The van der Waals surface area contributed by atoms with Crippen molar-refractivity contribution in [3.8, 4) is 0 Å². The molecule has 0 radical (unpaired) electrons. The molecule has 106 valence electrons. The third kappa shape index (κ3) is 3.07. The molecule has 0 saturated heterocycles. The van der Waals surface area contributed by atoms with Crippen LogP contribution in [0, 0.1) is 5.92 Å². The van der Waals surface area contributed by atoms with E-state index in [9.17, 15) is 4.79 Å². The number of thiophene rings is 1. The average molecular weight is 321 g/mol. The summed E-state index contributed by atoms with van der Waals surface area (Å²) < 4.78 is 1.02. The standard InChI is InChI=1S/C13H18Cl2N2OS/c1-2-17(10-5-3-4-8(10)7-16)13(18)9-6-11(14)19-12(9)15/h6,8,10H,2-5,7,16H2,1H3. The van der Waals surface area contributed by atoms with Gasteiger partial charge in [0, 0.05) is 12.6 Å². The van der Waals surface area contributed by atoms with Crippen molar-refractivity contribution < 1.29 is 4.79 Å². The van der Waals surface area contributed by atoms with Crippen molar-refractivity contribution in [2.45, 2.75) is 32.2 Å². The van der Waals surface area contributed by atoms with E-state index in [0.29, 0.717) is 33.2 Å². The normalized spacial score (nSPS) is 22.7. The van der Waals surface area contributed by atoms with Gasteiger partial charge >= 0.3 is 0 Å². The van der Waals surface area contributed by atoms with Crippen molar-refractivity contribution in [1.82, 2.24) is 4.90 Å². The maximum atomic E-state index is 12.6. The van der Waals surface area contributed by atoms with Gasteiger partial charge in [0.2, 0.25) is 0 Å². The lowest BCUT2D eigenvalue weighted by Crippen LogP contribution is -2.44. The lowest BCUT2D eigenvalue weighted by molar-refractivity contribution is 0.0653. The molecule has 2 atom stereocenters. The Balaban J connectivity index is 2.22. The second-order valence-electron chi connectivity index (χ2n) is 4.82. The summed E-state index contributed by atoms with van der Waals surface area (Å²) in [5.74, 6) is 0.373. The zero-order valence-corrected chi connectivity index (χ0v) is 13.2. The van der Waals surface area contributed by atoms with Crippen LogP contribution in [-0.4, -0.2) is 29.9 Å². The molecule has 1 heterocycles. The molecule has 19 heavy (non-hydrogen) atoms. The third-order valence-electron chi connectivity index (χ3n) is 3.81. The van der Waals surface area contributed by atoms with Gasteiger partial charge in [0.05, 0.1) is 9.90 Å². The maximum absolute atomic E-state index is 12.6. The van der Waals surface area contributed by atoms with E-state index >= 15 is 0 Å². The predicted octanol–water partition coefficient (Wildman–Crippen LogP) is 3.64. The Hall–Kier alpha value is -0.290. The van der Waals surface area contributed by atoms with Gasteiger partial charge in [-0.25, -0.2) is 0 Å². The van der Waals surface area contributed by atoms with Crippen molar-refractivity contribution in [3.05, 3.63) is 20.3 Å². The number of hydrogen-bond donors (Lipinski definition) is 1. The fourth-order valence-corrected chi connectivity index (χ4v) is 4.32. The lowest BCUT2D eigenvalue weighted by atomic mass is 10.0. The number of nitrogens with two attached hydrogens (primary N) is 1. The van der Waals surface area contributed by atoms with Crippen molar-refractivity contribution in [3.63, 3.8) is 0 Å². The van der Waals surface area contributed by atoms with E-state index in [0.717, 1.165) is 19.3 Å². The summed E-state index contributed by atoms with van der Waals surface area (Å²) >= 11 is 13.2. The van der Waals surface area contributed by atoms with Gasteiger partial charge in [0.15, 0.2) is 0 Å². The highest BCUT2D eigenvalue weighted by atomic mass is 35.5. The van der Waals surface area contributed by atoms with E-state index in [1.54, 1.807) is 6.07 Å². The van der Waals surface area contributed by atoms with Crippen LogP contribution in [0.1, 0.15) is 36.5 Å². The average Bonchev–Trinajstić information content (AvgIpc) is 2.96. The molecule has 1 amide bonds.